The average Bonchev–Trinajstić information content (AvgIpc) is 4.01. The van der Waals surface area contributed by atoms with E-state index in [1.807, 2.05) is 54.7 Å². The molecule has 7 heteroatoms. The second-order valence-corrected chi connectivity index (χ2v) is 15.4. The minimum absolute atomic E-state index is 0.449. The molecule has 61 heavy (non-hydrogen) atoms. The van der Waals surface area contributed by atoms with E-state index in [4.69, 9.17) is 28.8 Å². The third kappa shape index (κ3) is 5.11. The van der Waals surface area contributed by atoms with Crippen molar-refractivity contribution in [3.8, 4) is 51.0 Å². The summed E-state index contributed by atoms with van der Waals surface area (Å²) in [4.78, 5) is 20.8. The van der Waals surface area contributed by atoms with E-state index in [0.717, 1.165) is 82.2 Å². The molecule has 0 bridgehead atoms. The second kappa shape index (κ2) is 13.0. The summed E-state index contributed by atoms with van der Waals surface area (Å²) in [5, 5.41) is 8.30. The van der Waals surface area contributed by atoms with Gasteiger partial charge in [-0.1, -0.05) is 146 Å². The van der Waals surface area contributed by atoms with Crippen LogP contribution in [0.3, 0.4) is 0 Å². The molecule has 0 spiro atoms. The van der Waals surface area contributed by atoms with Crippen LogP contribution < -0.4 is 0 Å². The van der Waals surface area contributed by atoms with Gasteiger partial charge in [-0.15, -0.1) is 0 Å². The lowest BCUT2D eigenvalue weighted by Gasteiger charge is -2.13. The molecule has 0 atom stereocenters. The Kier molecular flexibility index (Phi) is 7.17. The van der Waals surface area contributed by atoms with E-state index in [9.17, 15) is 0 Å². The van der Waals surface area contributed by atoms with Gasteiger partial charge in [0.15, 0.2) is 11.6 Å². The van der Waals surface area contributed by atoms with E-state index < -0.39 is 0 Å². The molecule has 7 nitrogen and oxygen atoms in total. The average molecular weight is 782 g/mol. The number of rotatable bonds is 5. The van der Waals surface area contributed by atoms with E-state index in [-0.39, 0.29) is 0 Å². The SMILES string of the molecule is c1ccc(-c2ccc(-c3c4ccccc4cc4c3c3ccccc3n4-c3nc(-c4cncc5c4oc4ccccc45)nc(-c4cccc5oc6ccccc6c45)n3)cc2)cc1. The van der Waals surface area contributed by atoms with E-state index in [1.54, 1.807) is 6.20 Å². The summed E-state index contributed by atoms with van der Waals surface area (Å²) in [6.07, 6.45) is 3.63. The molecule has 0 fully saturated rings. The van der Waals surface area contributed by atoms with Crippen LogP contribution in [0, 0.1) is 0 Å². The molecule has 0 N–H and O–H groups in total. The molecule has 13 rings (SSSR count). The van der Waals surface area contributed by atoms with Gasteiger partial charge in [0.05, 0.1) is 16.6 Å². The molecule has 5 aromatic heterocycles. The summed E-state index contributed by atoms with van der Waals surface area (Å²) in [6.45, 7) is 0. The smallest absolute Gasteiger partial charge is 0.238 e. The highest BCUT2D eigenvalue weighted by atomic mass is 16.3. The van der Waals surface area contributed by atoms with E-state index >= 15 is 0 Å². The normalized spacial score (nSPS) is 11.9. The summed E-state index contributed by atoms with van der Waals surface area (Å²) in [5.74, 6) is 1.43. The summed E-state index contributed by atoms with van der Waals surface area (Å²) < 4.78 is 15.1. The molecule has 0 aliphatic rings. The van der Waals surface area contributed by atoms with E-state index in [2.05, 4.69) is 132 Å². The van der Waals surface area contributed by atoms with Crippen molar-refractivity contribution >= 4 is 76.5 Å². The first-order valence-electron chi connectivity index (χ1n) is 20.3. The lowest BCUT2D eigenvalue weighted by molar-refractivity contribution is 0.668. The second-order valence-electron chi connectivity index (χ2n) is 15.4. The van der Waals surface area contributed by atoms with Crippen molar-refractivity contribution in [1.29, 1.82) is 0 Å². The number of nitrogens with zero attached hydrogens (tertiary/aromatic N) is 5. The summed E-state index contributed by atoms with van der Waals surface area (Å²) in [6, 6.07) is 61.0. The van der Waals surface area contributed by atoms with Crippen LogP contribution in [0.25, 0.3) is 127 Å². The number of furan rings is 2. The van der Waals surface area contributed by atoms with Crippen LogP contribution in [0.2, 0.25) is 0 Å². The predicted molar refractivity (Wildman–Crippen MR) is 246 cm³/mol. The molecule has 0 unspecified atom stereocenters. The molecule has 0 radical (unpaired) electrons. The first kappa shape index (κ1) is 33.5. The summed E-state index contributed by atoms with van der Waals surface area (Å²) in [5.41, 5.74) is 11.1. The Hall–Kier alpha value is -8.42. The maximum atomic E-state index is 6.56. The van der Waals surface area contributed by atoms with Gasteiger partial charge in [-0.05, 0) is 63.4 Å². The number of aromatic nitrogens is 5. The molecule has 284 valence electrons. The van der Waals surface area contributed by atoms with Gasteiger partial charge in [-0.2, -0.15) is 9.97 Å². The number of fused-ring (bicyclic) bond motifs is 10. The fraction of sp³-hybridized carbons (Fsp3) is 0. The zero-order valence-corrected chi connectivity index (χ0v) is 32.5. The molecule has 0 aliphatic carbocycles. The zero-order valence-electron chi connectivity index (χ0n) is 32.5. The van der Waals surface area contributed by atoms with Gasteiger partial charge in [0, 0.05) is 50.3 Å². The lowest BCUT2D eigenvalue weighted by atomic mass is 9.92. The summed E-state index contributed by atoms with van der Waals surface area (Å²) >= 11 is 0. The molecule has 8 aromatic carbocycles. The Morgan fingerprint density at radius 2 is 1.03 bits per heavy atom. The van der Waals surface area contributed by atoms with Gasteiger partial charge in [-0.25, -0.2) is 4.98 Å². The molecule has 0 aliphatic heterocycles. The monoisotopic (exact) mass is 781 g/mol. The number of hydrogen-bond donors (Lipinski definition) is 0. The molecule has 0 saturated carbocycles. The quantitative estimate of drug-likeness (QED) is 0.173. The summed E-state index contributed by atoms with van der Waals surface area (Å²) in [7, 11) is 0. The highest BCUT2D eigenvalue weighted by Gasteiger charge is 2.24. The molecule has 0 amide bonds. The number of hydrogen-bond acceptors (Lipinski definition) is 6. The van der Waals surface area contributed by atoms with E-state index in [0.29, 0.717) is 28.7 Å². The van der Waals surface area contributed by atoms with Gasteiger partial charge in [0.25, 0.3) is 0 Å². The predicted octanol–water partition coefficient (Wildman–Crippen LogP) is 14.0. The maximum absolute atomic E-state index is 6.56. The van der Waals surface area contributed by atoms with Crippen molar-refractivity contribution in [2.45, 2.75) is 0 Å². The first-order valence-corrected chi connectivity index (χ1v) is 20.3. The minimum Gasteiger partial charge on any atom is -0.456 e. The fourth-order valence-electron chi connectivity index (χ4n) is 9.23. The zero-order chi connectivity index (χ0) is 40.0. The van der Waals surface area contributed by atoms with Crippen molar-refractivity contribution in [2.75, 3.05) is 0 Å². The lowest BCUT2D eigenvalue weighted by Crippen LogP contribution is -2.07. The molecule has 5 heterocycles. The van der Waals surface area contributed by atoms with Crippen LogP contribution in [0.4, 0.5) is 0 Å². The molecular weight excluding hydrogens is 751 g/mol. The van der Waals surface area contributed by atoms with Gasteiger partial charge in [0.1, 0.15) is 22.3 Å². The van der Waals surface area contributed by atoms with Crippen LogP contribution in [-0.2, 0) is 0 Å². The fourth-order valence-corrected chi connectivity index (χ4v) is 9.23. The van der Waals surface area contributed by atoms with Gasteiger partial charge in [-0.3, -0.25) is 9.55 Å². The molecular formula is C54H31N5O2. The topological polar surface area (TPSA) is 82.8 Å². The van der Waals surface area contributed by atoms with Crippen molar-refractivity contribution in [2.24, 2.45) is 0 Å². The van der Waals surface area contributed by atoms with Gasteiger partial charge in [0.2, 0.25) is 5.95 Å². The van der Waals surface area contributed by atoms with Crippen molar-refractivity contribution in [1.82, 2.24) is 24.5 Å². The molecule has 13 aromatic rings. The van der Waals surface area contributed by atoms with Crippen LogP contribution in [0.5, 0.6) is 0 Å². The van der Waals surface area contributed by atoms with Gasteiger partial charge >= 0.3 is 0 Å². The number of para-hydroxylation sites is 3. The highest BCUT2D eigenvalue weighted by molar-refractivity contribution is 6.23. The van der Waals surface area contributed by atoms with Crippen molar-refractivity contribution in [3.63, 3.8) is 0 Å². The number of benzene rings is 8. The highest BCUT2D eigenvalue weighted by Crippen LogP contribution is 2.44. The van der Waals surface area contributed by atoms with Crippen molar-refractivity contribution < 1.29 is 8.83 Å². The van der Waals surface area contributed by atoms with Crippen LogP contribution >= 0.6 is 0 Å². The van der Waals surface area contributed by atoms with Crippen molar-refractivity contribution in [3.05, 3.63) is 188 Å². The maximum Gasteiger partial charge on any atom is 0.238 e. The number of pyridine rings is 1. The Balaban J connectivity index is 1.13. The van der Waals surface area contributed by atoms with Crippen LogP contribution in [0.15, 0.2) is 197 Å². The largest absolute Gasteiger partial charge is 0.456 e. The Bertz CT molecular complexity index is 3880. The van der Waals surface area contributed by atoms with Crippen LogP contribution in [0.1, 0.15) is 0 Å². The third-order valence-electron chi connectivity index (χ3n) is 12.0. The Labute approximate surface area is 347 Å². The standard InChI is InChI=1S/C54H31N5O2/c1-2-13-32(14-3-1)33-25-27-34(28-26-33)48-36-16-5-4-15-35(36)29-44-50(48)38-18-6-9-21-43(38)59(44)54-57-52(40-20-12-24-47-49(40)39-19-8-11-23-46(39)60-47)56-53(58-54)42-31-55-30-41-37-17-7-10-22-45(37)61-51(41)42/h1-31H. The minimum atomic E-state index is 0.449. The first-order chi connectivity index (χ1) is 30.2. The van der Waals surface area contributed by atoms with E-state index in [1.165, 1.54) is 16.5 Å². The Morgan fingerprint density at radius 3 is 1.87 bits per heavy atom. The molecule has 0 saturated heterocycles. The van der Waals surface area contributed by atoms with Gasteiger partial charge < -0.3 is 8.83 Å². The third-order valence-corrected chi connectivity index (χ3v) is 12.0. The Morgan fingerprint density at radius 1 is 0.393 bits per heavy atom. The van der Waals surface area contributed by atoms with Crippen LogP contribution in [-0.4, -0.2) is 24.5 Å².